The van der Waals surface area contributed by atoms with E-state index in [9.17, 15) is 0 Å². The second kappa shape index (κ2) is 17.7. The smallest absolute Gasteiger partial charge is 0.135 e. The van der Waals surface area contributed by atoms with Gasteiger partial charge in [-0.15, -0.1) is 76.9 Å². The molecule has 0 saturated carbocycles. The molecule has 0 nitrogen and oxygen atoms in total. The summed E-state index contributed by atoms with van der Waals surface area (Å²) in [7, 11) is -3.12. The van der Waals surface area contributed by atoms with Crippen LogP contribution in [-0.2, 0) is 54.2 Å². The van der Waals surface area contributed by atoms with Gasteiger partial charge in [0.25, 0.3) is 0 Å². The van der Waals surface area contributed by atoms with E-state index in [0.29, 0.717) is 0 Å². The van der Waals surface area contributed by atoms with Gasteiger partial charge in [0.2, 0.25) is 0 Å². The molecule has 0 saturated heterocycles. The fraction of sp³-hybridized carbons (Fsp3) is 0.481. The molecule has 0 atom stereocenters. The van der Waals surface area contributed by atoms with E-state index in [1.807, 2.05) is 0 Å². The zero-order valence-electron chi connectivity index (χ0n) is 38.8. The summed E-state index contributed by atoms with van der Waals surface area (Å²) < 4.78 is 0. The topological polar surface area (TPSA) is 0 Å². The summed E-state index contributed by atoms with van der Waals surface area (Å²) in [5, 5.41) is 8.75. The average molecular weight is 881 g/mol. The molecule has 5 rings (SSSR count). The summed E-state index contributed by atoms with van der Waals surface area (Å²) in [6.45, 7) is 45.4. The number of rotatable bonds is 4. The molecule has 312 valence electrons. The van der Waals surface area contributed by atoms with E-state index in [1.165, 1.54) is 70.5 Å². The first-order chi connectivity index (χ1) is 23.9. The molecule has 0 unspecified atom stereocenters. The number of aryl methyl sites for hydroxylation is 1. The minimum atomic E-state index is -3.12. The van der Waals surface area contributed by atoms with Crippen LogP contribution in [0.3, 0.4) is 0 Å². The number of hydrogen-bond donors (Lipinski definition) is 0. The second-order valence-electron chi connectivity index (χ2n) is 22.4. The van der Waals surface area contributed by atoms with Crippen molar-refractivity contribution in [3.05, 3.63) is 124 Å². The molecular formula is C52H74Cl3SiTi-. The van der Waals surface area contributed by atoms with Crippen molar-refractivity contribution < 1.29 is 21.7 Å². The van der Waals surface area contributed by atoms with Gasteiger partial charge < -0.3 is 0 Å². The Balaban J connectivity index is 0.00000406. The molecular weight excluding hydrogens is 807 g/mol. The van der Waals surface area contributed by atoms with Crippen molar-refractivity contribution in [1.29, 1.82) is 0 Å². The third-order valence-electron chi connectivity index (χ3n) is 11.7. The number of hydrogen-bond acceptors (Lipinski definition) is 0. The molecule has 5 aromatic carbocycles. The minimum absolute atomic E-state index is 0. The van der Waals surface area contributed by atoms with Crippen LogP contribution in [0, 0.1) is 6.92 Å². The van der Waals surface area contributed by atoms with Gasteiger partial charge in [0.1, 0.15) is 8.07 Å². The van der Waals surface area contributed by atoms with E-state index in [4.69, 9.17) is 0 Å². The normalized spacial score (nSPS) is 13.0. The van der Waals surface area contributed by atoms with Gasteiger partial charge in [-0.25, -0.2) is 0 Å². The van der Waals surface area contributed by atoms with Crippen LogP contribution in [0.1, 0.15) is 164 Å². The molecule has 0 aliphatic carbocycles. The molecule has 5 heteroatoms. The molecule has 0 aliphatic heterocycles. The van der Waals surface area contributed by atoms with E-state index in [-0.39, 0.29) is 91.4 Å². The van der Waals surface area contributed by atoms with Gasteiger partial charge in [-0.05, 0) is 65.9 Å². The maximum absolute atomic E-state index is 3.12. The number of fused-ring (bicyclic) bond motifs is 1. The van der Waals surface area contributed by atoms with Crippen molar-refractivity contribution in [1.82, 2.24) is 0 Å². The van der Waals surface area contributed by atoms with Crippen LogP contribution >= 0.6 is 37.2 Å². The molecule has 0 aromatic heterocycles. The summed E-state index contributed by atoms with van der Waals surface area (Å²) in [6.07, 6.45) is 0. The third-order valence-corrected chi connectivity index (χ3v) is 16.5. The van der Waals surface area contributed by atoms with Crippen LogP contribution in [0.5, 0.6) is 0 Å². The zero-order chi connectivity index (χ0) is 39.9. The van der Waals surface area contributed by atoms with Crippen molar-refractivity contribution in [3.8, 4) is 0 Å². The predicted molar refractivity (Wildman–Crippen MR) is 262 cm³/mol. The molecule has 0 spiro atoms. The van der Waals surface area contributed by atoms with E-state index in [1.54, 1.807) is 0 Å². The zero-order valence-corrected chi connectivity index (χ0v) is 43.8. The predicted octanol–water partition coefficient (Wildman–Crippen LogP) is 13.3. The number of halogens is 3. The molecule has 5 aromatic rings. The van der Waals surface area contributed by atoms with Gasteiger partial charge in [-0.3, -0.25) is 0 Å². The maximum Gasteiger partial charge on any atom is 0.135 e. The van der Waals surface area contributed by atoms with Crippen LogP contribution < -0.4 is 20.7 Å². The van der Waals surface area contributed by atoms with Crippen LogP contribution in [0.25, 0.3) is 10.8 Å². The van der Waals surface area contributed by atoms with Gasteiger partial charge >= 0.3 is 0 Å². The van der Waals surface area contributed by atoms with Crippen LogP contribution in [0.15, 0.2) is 84.9 Å². The van der Waals surface area contributed by atoms with Crippen LogP contribution in [0.2, 0.25) is 0 Å². The Labute approximate surface area is 383 Å². The quantitative estimate of drug-likeness (QED) is 0.0958. The van der Waals surface area contributed by atoms with Crippen molar-refractivity contribution in [2.24, 2.45) is 0 Å². The summed E-state index contributed by atoms with van der Waals surface area (Å²) in [5.41, 5.74) is 9.75. The Morgan fingerprint density at radius 1 is 0.368 bits per heavy atom. The summed E-state index contributed by atoms with van der Waals surface area (Å²) in [5.74, 6) is 0. The summed E-state index contributed by atoms with van der Waals surface area (Å²) in [4.78, 5) is 0. The molecule has 0 amide bonds. The summed E-state index contributed by atoms with van der Waals surface area (Å²) >= 11 is 0. The summed E-state index contributed by atoms with van der Waals surface area (Å²) in [6, 6.07) is 35.1. The van der Waals surface area contributed by atoms with E-state index < -0.39 is 8.07 Å². The standard InChI is InChI=1S/C52H71Si.3ClH.Ti/c1-34-24-35-22-20-21-23-45(35)46(34)53(42-28-36(47(2,3)4)25-37(29-42)48(5,6)7,43-30-38(49(8,9)10)26-39(31-43)50(11,12)13)44-32-40(51(14,15)16)27-41(33-44)52(17,18)19;;;;/h20-33H,1-19H3;3*1H;/q-1;;;;. The van der Waals surface area contributed by atoms with E-state index in [2.05, 4.69) is 216 Å². The largest absolute Gasteiger partial charge is 0.165 e. The molecule has 0 N–H and O–H groups in total. The number of benzene rings is 4. The molecule has 57 heavy (non-hydrogen) atoms. The van der Waals surface area contributed by atoms with E-state index >= 15 is 0 Å². The fourth-order valence-corrected chi connectivity index (χ4v) is 13.3. The Bertz CT molecular complexity index is 1870. The van der Waals surface area contributed by atoms with Crippen molar-refractivity contribution in [2.45, 2.75) is 164 Å². The van der Waals surface area contributed by atoms with Gasteiger partial charge in [0.15, 0.2) is 0 Å². The van der Waals surface area contributed by atoms with Gasteiger partial charge in [-0.2, -0.15) is 6.07 Å². The second-order valence-corrected chi connectivity index (χ2v) is 26.2. The Hall–Kier alpha value is -1.71. The Kier molecular flexibility index (Phi) is 16.6. The molecule has 0 bridgehead atoms. The fourth-order valence-electron chi connectivity index (χ4n) is 7.93. The Morgan fingerprint density at radius 3 is 0.860 bits per heavy atom. The minimum Gasteiger partial charge on any atom is -0.165 e. The van der Waals surface area contributed by atoms with Crippen molar-refractivity contribution in [2.75, 3.05) is 0 Å². The monoisotopic (exact) mass is 879 g/mol. The molecule has 0 radical (unpaired) electrons. The molecule has 0 fully saturated rings. The maximum atomic E-state index is 2.64. The van der Waals surface area contributed by atoms with E-state index in [0.717, 1.165) is 0 Å². The SMILES string of the molecule is Cc1cc2ccccc2[c-]1[Si](c1cc(C(C)(C)C)cc(C(C)(C)C)c1)(c1cc(C(C)(C)C)cc(C(C)(C)C)c1)c1cc(C(C)(C)C)cc(C(C)(C)C)c1.Cl.Cl.Cl.[Ti]. The van der Waals surface area contributed by atoms with Gasteiger partial charge in [0, 0.05) is 21.7 Å². The first-order valence-electron chi connectivity index (χ1n) is 20.1. The Morgan fingerprint density at radius 2 is 0.614 bits per heavy atom. The van der Waals surface area contributed by atoms with Crippen molar-refractivity contribution >= 4 is 76.8 Å². The van der Waals surface area contributed by atoms with Gasteiger partial charge in [0.05, 0.1) is 0 Å². The van der Waals surface area contributed by atoms with Crippen molar-refractivity contribution in [3.63, 3.8) is 0 Å². The first kappa shape index (κ1) is 53.3. The first-order valence-corrected chi connectivity index (χ1v) is 22.1. The molecule has 0 aliphatic rings. The van der Waals surface area contributed by atoms with Crippen LogP contribution in [0.4, 0.5) is 0 Å². The van der Waals surface area contributed by atoms with Gasteiger partial charge in [-0.1, -0.05) is 208 Å². The van der Waals surface area contributed by atoms with Crippen LogP contribution in [-0.4, -0.2) is 8.07 Å². The average Bonchev–Trinajstić information content (AvgIpc) is 3.34. The molecule has 0 heterocycles. The third kappa shape index (κ3) is 10.8.